The van der Waals surface area contributed by atoms with E-state index in [1.807, 2.05) is 36.4 Å². The number of nitrogens with one attached hydrogen (secondary N) is 1. The number of hydrogen-bond donors (Lipinski definition) is 1. The predicted octanol–water partition coefficient (Wildman–Crippen LogP) is 5.46. The third-order valence-electron chi connectivity index (χ3n) is 5.54. The number of benzene rings is 2. The normalized spacial score (nSPS) is 16.9. The van der Waals surface area contributed by atoms with Gasteiger partial charge in [0.2, 0.25) is 5.91 Å². The third kappa shape index (κ3) is 5.83. The summed E-state index contributed by atoms with van der Waals surface area (Å²) in [5.74, 6) is 0.829. The van der Waals surface area contributed by atoms with Gasteiger partial charge in [-0.15, -0.1) is 0 Å². The highest BCUT2D eigenvalue weighted by Crippen LogP contribution is 2.25. The Kier molecular flexibility index (Phi) is 7.52. The molecule has 2 aromatic carbocycles. The van der Waals surface area contributed by atoms with Crippen molar-refractivity contribution in [1.29, 1.82) is 0 Å². The van der Waals surface area contributed by atoms with Crippen molar-refractivity contribution in [3.63, 3.8) is 0 Å². The first-order valence-electron chi connectivity index (χ1n) is 10.3. The lowest BCUT2D eigenvalue weighted by molar-refractivity contribution is -0.127. The summed E-state index contributed by atoms with van der Waals surface area (Å²) in [5.41, 5.74) is 2.36. The number of likely N-dealkylation sites (tertiary alicyclic amines) is 1. The van der Waals surface area contributed by atoms with Crippen molar-refractivity contribution >= 4 is 17.5 Å². The van der Waals surface area contributed by atoms with Crippen LogP contribution in [0.15, 0.2) is 54.6 Å². The first kappa shape index (κ1) is 20.9. The highest BCUT2D eigenvalue weighted by molar-refractivity contribution is 6.31. The van der Waals surface area contributed by atoms with Gasteiger partial charge in [-0.1, -0.05) is 74.0 Å². The van der Waals surface area contributed by atoms with Gasteiger partial charge in [0.15, 0.2) is 0 Å². The second-order valence-corrected chi connectivity index (χ2v) is 8.65. The second-order valence-electron chi connectivity index (χ2n) is 8.24. The lowest BCUT2D eigenvalue weighted by Gasteiger charge is -2.32. The van der Waals surface area contributed by atoms with E-state index in [1.165, 1.54) is 5.56 Å². The minimum absolute atomic E-state index is 0.0925. The summed E-state index contributed by atoms with van der Waals surface area (Å²) in [6, 6.07) is 18.4. The average molecular weight is 399 g/mol. The zero-order valence-electron chi connectivity index (χ0n) is 16.9. The molecule has 3 rings (SSSR count). The van der Waals surface area contributed by atoms with Gasteiger partial charge in [0.25, 0.3) is 0 Å². The molecule has 0 unspecified atom stereocenters. The standard InChI is InChI=1S/C24H31ClN2O/c1-18(2)16-23(19-8-4-3-5-9-19)26-24(28)20-12-14-27(15-13-20)17-21-10-6-7-11-22(21)25/h3-11,18,20,23H,12-17H2,1-2H3,(H,26,28)/t23-/m1/s1. The van der Waals surface area contributed by atoms with Crippen LogP contribution in [0.3, 0.4) is 0 Å². The van der Waals surface area contributed by atoms with E-state index in [4.69, 9.17) is 11.6 Å². The van der Waals surface area contributed by atoms with Crippen LogP contribution in [-0.2, 0) is 11.3 Å². The van der Waals surface area contributed by atoms with Gasteiger partial charge in [-0.2, -0.15) is 0 Å². The summed E-state index contributed by atoms with van der Waals surface area (Å²) in [6.45, 7) is 7.13. The van der Waals surface area contributed by atoms with Gasteiger partial charge in [0.1, 0.15) is 0 Å². The molecule has 1 atom stereocenters. The fourth-order valence-electron chi connectivity index (χ4n) is 3.95. The quantitative estimate of drug-likeness (QED) is 0.672. The van der Waals surface area contributed by atoms with E-state index < -0.39 is 0 Å². The molecule has 0 saturated carbocycles. The van der Waals surface area contributed by atoms with Gasteiger partial charge in [0, 0.05) is 17.5 Å². The van der Waals surface area contributed by atoms with Crippen LogP contribution in [-0.4, -0.2) is 23.9 Å². The van der Waals surface area contributed by atoms with Crippen molar-refractivity contribution in [3.8, 4) is 0 Å². The Balaban J connectivity index is 1.54. The largest absolute Gasteiger partial charge is 0.349 e. The third-order valence-corrected chi connectivity index (χ3v) is 5.90. The Morgan fingerprint density at radius 2 is 1.71 bits per heavy atom. The summed E-state index contributed by atoms with van der Waals surface area (Å²) in [7, 11) is 0. The minimum atomic E-state index is 0.0925. The van der Waals surface area contributed by atoms with Crippen LogP contribution in [0.5, 0.6) is 0 Å². The molecular formula is C24H31ClN2O. The van der Waals surface area contributed by atoms with Gasteiger partial charge in [-0.05, 0) is 55.5 Å². The molecule has 1 N–H and O–H groups in total. The van der Waals surface area contributed by atoms with E-state index in [0.717, 1.165) is 49.5 Å². The van der Waals surface area contributed by atoms with Crippen LogP contribution >= 0.6 is 11.6 Å². The minimum Gasteiger partial charge on any atom is -0.349 e. The molecule has 0 radical (unpaired) electrons. The molecule has 1 aliphatic rings. The Morgan fingerprint density at radius 1 is 1.07 bits per heavy atom. The van der Waals surface area contributed by atoms with E-state index in [0.29, 0.717) is 5.92 Å². The fraction of sp³-hybridized carbons (Fsp3) is 0.458. The van der Waals surface area contributed by atoms with Crippen LogP contribution in [0.4, 0.5) is 0 Å². The maximum atomic E-state index is 12.9. The summed E-state index contributed by atoms with van der Waals surface area (Å²) in [4.78, 5) is 15.3. The van der Waals surface area contributed by atoms with Crippen LogP contribution in [0, 0.1) is 11.8 Å². The molecule has 0 bridgehead atoms. The second kappa shape index (κ2) is 10.1. The molecule has 0 aliphatic carbocycles. The molecule has 150 valence electrons. The highest BCUT2D eigenvalue weighted by atomic mass is 35.5. The van der Waals surface area contributed by atoms with Gasteiger partial charge in [-0.3, -0.25) is 9.69 Å². The van der Waals surface area contributed by atoms with Crippen LogP contribution in [0.2, 0.25) is 5.02 Å². The van der Waals surface area contributed by atoms with Gasteiger partial charge < -0.3 is 5.32 Å². The van der Waals surface area contributed by atoms with Crippen molar-refractivity contribution in [1.82, 2.24) is 10.2 Å². The average Bonchev–Trinajstić information content (AvgIpc) is 2.70. The van der Waals surface area contributed by atoms with E-state index >= 15 is 0 Å². The molecule has 1 saturated heterocycles. The predicted molar refractivity (Wildman–Crippen MR) is 116 cm³/mol. The Morgan fingerprint density at radius 3 is 2.36 bits per heavy atom. The molecular weight excluding hydrogens is 368 g/mol. The molecule has 4 heteroatoms. The van der Waals surface area contributed by atoms with E-state index in [9.17, 15) is 4.79 Å². The summed E-state index contributed by atoms with van der Waals surface area (Å²) in [5, 5.41) is 4.15. The number of rotatable bonds is 7. The maximum Gasteiger partial charge on any atom is 0.223 e. The SMILES string of the molecule is CC(C)C[C@@H](NC(=O)C1CCN(Cc2ccccc2Cl)CC1)c1ccccc1. The summed E-state index contributed by atoms with van der Waals surface area (Å²) < 4.78 is 0. The van der Waals surface area contributed by atoms with Crippen LogP contribution in [0.1, 0.15) is 50.3 Å². The van der Waals surface area contributed by atoms with Crippen molar-refractivity contribution in [2.75, 3.05) is 13.1 Å². The number of carbonyl (C=O) groups is 1. The number of halogens is 1. The number of nitrogens with zero attached hydrogens (tertiary/aromatic N) is 1. The van der Waals surface area contributed by atoms with Gasteiger partial charge in [-0.25, -0.2) is 0 Å². The van der Waals surface area contributed by atoms with E-state index in [2.05, 4.69) is 42.3 Å². The zero-order valence-corrected chi connectivity index (χ0v) is 17.7. The topological polar surface area (TPSA) is 32.3 Å². The number of carbonyl (C=O) groups excluding carboxylic acids is 1. The monoisotopic (exact) mass is 398 g/mol. The van der Waals surface area contributed by atoms with Crippen molar-refractivity contribution in [3.05, 3.63) is 70.7 Å². The van der Waals surface area contributed by atoms with Gasteiger partial charge >= 0.3 is 0 Å². The van der Waals surface area contributed by atoms with Crippen LogP contribution < -0.4 is 5.32 Å². The molecule has 1 fully saturated rings. The zero-order chi connectivity index (χ0) is 19.9. The lowest BCUT2D eigenvalue weighted by atomic mass is 9.92. The first-order valence-corrected chi connectivity index (χ1v) is 10.7. The fourth-order valence-corrected chi connectivity index (χ4v) is 4.14. The first-order chi connectivity index (χ1) is 13.5. The molecule has 28 heavy (non-hydrogen) atoms. The molecule has 0 aromatic heterocycles. The molecule has 2 aromatic rings. The van der Waals surface area contributed by atoms with Gasteiger partial charge in [0.05, 0.1) is 6.04 Å². The summed E-state index contributed by atoms with van der Waals surface area (Å²) >= 11 is 6.29. The summed E-state index contributed by atoms with van der Waals surface area (Å²) in [6.07, 6.45) is 2.76. The number of hydrogen-bond acceptors (Lipinski definition) is 2. The van der Waals surface area contributed by atoms with E-state index in [-0.39, 0.29) is 17.9 Å². The Bertz CT molecular complexity index is 754. The Hall–Kier alpha value is -1.84. The van der Waals surface area contributed by atoms with Crippen molar-refractivity contribution in [2.24, 2.45) is 11.8 Å². The number of amides is 1. The highest BCUT2D eigenvalue weighted by Gasteiger charge is 2.27. The van der Waals surface area contributed by atoms with E-state index in [1.54, 1.807) is 0 Å². The molecule has 1 heterocycles. The smallest absolute Gasteiger partial charge is 0.223 e. The Labute approximate surface area is 174 Å². The van der Waals surface area contributed by atoms with Crippen molar-refractivity contribution in [2.45, 2.75) is 45.7 Å². The molecule has 0 spiro atoms. The number of piperidine rings is 1. The van der Waals surface area contributed by atoms with Crippen molar-refractivity contribution < 1.29 is 4.79 Å². The molecule has 3 nitrogen and oxygen atoms in total. The lowest BCUT2D eigenvalue weighted by Crippen LogP contribution is -2.41. The molecule has 1 amide bonds. The van der Waals surface area contributed by atoms with Crippen LogP contribution in [0.25, 0.3) is 0 Å². The molecule has 1 aliphatic heterocycles. The maximum absolute atomic E-state index is 12.9.